The van der Waals surface area contributed by atoms with Gasteiger partial charge in [-0.15, -0.1) is 0 Å². The van der Waals surface area contributed by atoms with Crippen LogP contribution >= 0.6 is 15.9 Å². The molecule has 0 aliphatic carbocycles. The zero-order valence-electron chi connectivity index (χ0n) is 12.6. The van der Waals surface area contributed by atoms with Crippen molar-refractivity contribution in [3.8, 4) is 5.69 Å². The van der Waals surface area contributed by atoms with E-state index in [9.17, 15) is 0 Å². The van der Waals surface area contributed by atoms with Gasteiger partial charge in [0.15, 0.2) is 0 Å². The minimum Gasteiger partial charge on any atom is -0.327 e. The Labute approximate surface area is 129 Å². The van der Waals surface area contributed by atoms with E-state index in [1.54, 1.807) is 0 Å². The third kappa shape index (κ3) is 2.96. The first-order valence-electron chi connectivity index (χ1n) is 7.01. The van der Waals surface area contributed by atoms with E-state index in [-0.39, 0.29) is 6.04 Å². The van der Waals surface area contributed by atoms with Crippen LogP contribution in [0.3, 0.4) is 0 Å². The van der Waals surface area contributed by atoms with Crippen molar-refractivity contribution in [2.45, 2.75) is 46.6 Å². The van der Waals surface area contributed by atoms with E-state index in [4.69, 9.17) is 5.73 Å². The molecule has 1 aromatic heterocycles. The Morgan fingerprint density at radius 3 is 2.50 bits per heavy atom. The van der Waals surface area contributed by atoms with Crippen molar-refractivity contribution in [1.82, 2.24) is 9.78 Å². The van der Waals surface area contributed by atoms with E-state index in [1.165, 1.54) is 16.8 Å². The molecule has 0 aliphatic rings. The highest BCUT2D eigenvalue weighted by Crippen LogP contribution is 2.25. The highest BCUT2D eigenvalue weighted by Gasteiger charge is 2.12. The van der Waals surface area contributed by atoms with E-state index in [2.05, 4.69) is 60.0 Å². The molecule has 1 heterocycles. The molecule has 0 radical (unpaired) electrons. The number of hydrogen-bond donors (Lipinski definition) is 1. The van der Waals surface area contributed by atoms with Crippen LogP contribution in [-0.4, -0.2) is 15.8 Å². The Morgan fingerprint density at radius 1 is 1.30 bits per heavy atom. The molecular formula is C16H22BrN3. The molecule has 0 amide bonds. The standard InChI is InChI=1S/C16H22BrN3/c1-5-14(18)8-13-6-7-16(15(17)9-13)20-12(4)10(2)11(3)19-20/h6-7,9,14H,5,8,18H2,1-4H3. The molecule has 1 unspecified atom stereocenters. The van der Waals surface area contributed by atoms with Gasteiger partial charge in [0.1, 0.15) is 0 Å². The summed E-state index contributed by atoms with van der Waals surface area (Å²) in [7, 11) is 0. The summed E-state index contributed by atoms with van der Waals surface area (Å²) >= 11 is 3.66. The van der Waals surface area contributed by atoms with Gasteiger partial charge in [0.2, 0.25) is 0 Å². The van der Waals surface area contributed by atoms with Crippen LogP contribution in [-0.2, 0) is 6.42 Å². The molecule has 20 heavy (non-hydrogen) atoms. The van der Waals surface area contributed by atoms with Gasteiger partial charge in [-0.3, -0.25) is 0 Å². The highest BCUT2D eigenvalue weighted by atomic mass is 79.9. The molecule has 0 saturated heterocycles. The molecule has 0 fully saturated rings. The molecular weight excluding hydrogens is 314 g/mol. The Kier molecular flexibility index (Phi) is 4.66. The van der Waals surface area contributed by atoms with Crippen molar-refractivity contribution in [2.24, 2.45) is 5.73 Å². The summed E-state index contributed by atoms with van der Waals surface area (Å²) in [4.78, 5) is 0. The summed E-state index contributed by atoms with van der Waals surface area (Å²) in [5.41, 5.74) is 11.9. The van der Waals surface area contributed by atoms with Gasteiger partial charge in [-0.2, -0.15) is 5.10 Å². The minimum atomic E-state index is 0.226. The lowest BCUT2D eigenvalue weighted by Crippen LogP contribution is -2.21. The predicted molar refractivity (Wildman–Crippen MR) is 87.4 cm³/mol. The molecule has 2 rings (SSSR count). The van der Waals surface area contributed by atoms with Gasteiger partial charge in [0, 0.05) is 16.2 Å². The minimum absolute atomic E-state index is 0.226. The first-order valence-corrected chi connectivity index (χ1v) is 7.80. The second-order valence-electron chi connectivity index (χ2n) is 5.37. The number of rotatable bonds is 4. The zero-order valence-corrected chi connectivity index (χ0v) is 14.2. The summed E-state index contributed by atoms with van der Waals surface area (Å²) in [5.74, 6) is 0. The Hall–Kier alpha value is -1.13. The molecule has 108 valence electrons. The van der Waals surface area contributed by atoms with Crippen LogP contribution in [0, 0.1) is 20.8 Å². The number of nitrogens with zero attached hydrogens (tertiary/aromatic N) is 2. The smallest absolute Gasteiger partial charge is 0.0791 e. The highest BCUT2D eigenvalue weighted by molar-refractivity contribution is 9.10. The van der Waals surface area contributed by atoms with Crippen LogP contribution in [0.25, 0.3) is 5.69 Å². The molecule has 1 aromatic carbocycles. The monoisotopic (exact) mass is 335 g/mol. The Bertz CT molecular complexity index is 616. The molecule has 4 heteroatoms. The average Bonchev–Trinajstić information content (AvgIpc) is 2.66. The number of aromatic nitrogens is 2. The molecule has 0 aliphatic heterocycles. The predicted octanol–water partition coefficient (Wildman–Crippen LogP) is 3.84. The quantitative estimate of drug-likeness (QED) is 0.922. The van der Waals surface area contributed by atoms with Crippen molar-refractivity contribution in [3.05, 3.63) is 45.2 Å². The van der Waals surface area contributed by atoms with E-state index in [1.807, 2.05) is 11.6 Å². The van der Waals surface area contributed by atoms with E-state index < -0.39 is 0 Å². The fourth-order valence-corrected chi connectivity index (χ4v) is 2.85. The van der Waals surface area contributed by atoms with Gasteiger partial charge >= 0.3 is 0 Å². The number of hydrogen-bond acceptors (Lipinski definition) is 2. The number of nitrogens with two attached hydrogens (primary N) is 1. The van der Waals surface area contributed by atoms with E-state index >= 15 is 0 Å². The number of benzene rings is 1. The molecule has 0 saturated carbocycles. The summed E-state index contributed by atoms with van der Waals surface area (Å²) in [6.45, 7) is 8.37. The number of aryl methyl sites for hydroxylation is 1. The van der Waals surface area contributed by atoms with Crippen molar-refractivity contribution >= 4 is 15.9 Å². The first kappa shape index (κ1) is 15.3. The van der Waals surface area contributed by atoms with Gasteiger partial charge in [-0.05, 0) is 72.8 Å². The lowest BCUT2D eigenvalue weighted by molar-refractivity contribution is 0.646. The second-order valence-corrected chi connectivity index (χ2v) is 6.22. The topological polar surface area (TPSA) is 43.8 Å². The van der Waals surface area contributed by atoms with Crippen LogP contribution < -0.4 is 5.73 Å². The molecule has 0 bridgehead atoms. The van der Waals surface area contributed by atoms with Crippen molar-refractivity contribution in [1.29, 1.82) is 0 Å². The second kappa shape index (κ2) is 6.10. The maximum Gasteiger partial charge on any atom is 0.0791 e. The van der Waals surface area contributed by atoms with Gasteiger partial charge in [0.05, 0.1) is 11.4 Å². The van der Waals surface area contributed by atoms with Gasteiger partial charge in [-0.25, -0.2) is 4.68 Å². The van der Waals surface area contributed by atoms with Crippen LogP contribution in [0.15, 0.2) is 22.7 Å². The maximum absolute atomic E-state index is 6.02. The molecule has 3 nitrogen and oxygen atoms in total. The van der Waals surface area contributed by atoms with Gasteiger partial charge < -0.3 is 5.73 Å². The van der Waals surface area contributed by atoms with Crippen LogP contribution in [0.1, 0.15) is 35.9 Å². The number of halogens is 1. The lowest BCUT2D eigenvalue weighted by Gasteiger charge is -2.12. The third-order valence-electron chi connectivity index (χ3n) is 3.92. The average molecular weight is 336 g/mol. The SMILES string of the molecule is CCC(N)Cc1ccc(-n2nc(C)c(C)c2C)c(Br)c1. The van der Waals surface area contributed by atoms with Gasteiger partial charge in [-0.1, -0.05) is 13.0 Å². The summed E-state index contributed by atoms with van der Waals surface area (Å²) in [6.07, 6.45) is 1.90. The fraction of sp³-hybridized carbons (Fsp3) is 0.438. The van der Waals surface area contributed by atoms with Gasteiger partial charge in [0.25, 0.3) is 0 Å². The molecule has 2 N–H and O–H groups in total. The largest absolute Gasteiger partial charge is 0.327 e. The van der Waals surface area contributed by atoms with Crippen molar-refractivity contribution < 1.29 is 0 Å². The summed E-state index contributed by atoms with van der Waals surface area (Å²) in [5, 5.41) is 4.61. The lowest BCUT2D eigenvalue weighted by atomic mass is 10.0. The first-order chi connectivity index (χ1) is 9.43. The normalized spacial score (nSPS) is 12.7. The van der Waals surface area contributed by atoms with Crippen LogP contribution in [0.4, 0.5) is 0 Å². The maximum atomic E-state index is 6.02. The summed E-state index contributed by atoms with van der Waals surface area (Å²) < 4.78 is 3.06. The van der Waals surface area contributed by atoms with E-state index in [0.717, 1.165) is 28.7 Å². The molecule has 0 spiro atoms. The van der Waals surface area contributed by atoms with E-state index in [0.29, 0.717) is 0 Å². The van der Waals surface area contributed by atoms with Crippen molar-refractivity contribution in [3.63, 3.8) is 0 Å². The Balaban J connectivity index is 2.36. The third-order valence-corrected chi connectivity index (χ3v) is 4.55. The molecule has 2 aromatic rings. The zero-order chi connectivity index (χ0) is 14.9. The molecule has 1 atom stereocenters. The van der Waals surface area contributed by atoms with Crippen molar-refractivity contribution in [2.75, 3.05) is 0 Å². The summed E-state index contributed by atoms with van der Waals surface area (Å²) in [6, 6.07) is 6.63. The Morgan fingerprint density at radius 2 is 2.00 bits per heavy atom. The van der Waals surface area contributed by atoms with Crippen LogP contribution in [0.5, 0.6) is 0 Å². The fourth-order valence-electron chi connectivity index (χ4n) is 2.25. The van der Waals surface area contributed by atoms with Crippen LogP contribution in [0.2, 0.25) is 0 Å².